The first-order valence-corrected chi connectivity index (χ1v) is 10.6. The molecular weight excluding hydrogens is 409 g/mol. The van der Waals surface area contributed by atoms with Crippen molar-refractivity contribution in [3.8, 4) is 11.1 Å². The van der Waals surface area contributed by atoms with Crippen LogP contribution in [0.5, 0.6) is 0 Å². The highest BCUT2D eigenvalue weighted by atomic mass is 32.2. The van der Waals surface area contributed by atoms with Gasteiger partial charge in [-0.2, -0.15) is 5.10 Å². The van der Waals surface area contributed by atoms with Crippen LogP contribution in [0.25, 0.3) is 22.0 Å². The van der Waals surface area contributed by atoms with Gasteiger partial charge in [0.15, 0.2) is 0 Å². The highest BCUT2D eigenvalue weighted by molar-refractivity contribution is 7.90. The van der Waals surface area contributed by atoms with Crippen molar-refractivity contribution < 1.29 is 22.3 Å². The van der Waals surface area contributed by atoms with E-state index in [1.165, 1.54) is 47.4 Å². The third kappa shape index (κ3) is 3.59. The fraction of sp³-hybridized carbons (Fsp3) is 0.143. The molecule has 154 valence electrons. The molecular formula is C21H18FN3O4S. The molecule has 0 unspecified atom stereocenters. The van der Waals surface area contributed by atoms with Gasteiger partial charge in [-0.15, -0.1) is 0 Å². The molecule has 0 N–H and O–H groups in total. The molecule has 0 spiro atoms. The van der Waals surface area contributed by atoms with Crippen LogP contribution in [0.2, 0.25) is 0 Å². The van der Waals surface area contributed by atoms with E-state index >= 15 is 0 Å². The Hall–Kier alpha value is -3.46. The van der Waals surface area contributed by atoms with Crippen LogP contribution in [0.15, 0.2) is 72.0 Å². The van der Waals surface area contributed by atoms with E-state index in [2.05, 4.69) is 5.10 Å². The monoisotopic (exact) mass is 427 g/mol. The fourth-order valence-electron chi connectivity index (χ4n) is 3.23. The summed E-state index contributed by atoms with van der Waals surface area (Å²) in [5.74, 6) is -0.974. The number of carbonyl (C=O) groups is 1. The summed E-state index contributed by atoms with van der Waals surface area (Å²) < 4.78 is 47.7. The molecule has 2 aromatic carbocycles. The second-order valence-electron chi connectivity index (χ2n) is 6.55. The lowest BCUT2D eigenvalue weighted by Gasteiger charge is -2.07. The van der Waals surface area contributed by atoms with E-state index in [9.17, 15) is 17.6 Å². The number of nitrogens with zero attached hydrogens (tertiary/aromatic N) is 3. The third-order valence-electron chi connectivity index (χ3n) is 4.57. The van der Waals surface area contributed by atoms with Crippen LogP contribution in [0.4, 0.5) is 4.39 Å². The van der Waals surface area contributed by atoms with E-state index in [1.807, 2.05) is 0 Å². The Balaban J connectivity index is 1.84. The Morgan fingerprint density at radius 1 is 1.13 bits per heavy atom. The topological polar surface area (TPSA) is 83.2 Å². The molecule has 0 atom stereocenters. The summed E-state index contributed by atoms with van der Waals surface area (Å²) in [4.78, 5) is 11.8. The van der Waals surface area contributed by atoms with Crippen molar-refractivity contribution in [2.75, 3.05) is 6.61 Å². The lowest BCUT2D eigenvalue weighted by atomic mass is 10.1. The second kappa shape index (κ2) is 7.75. The van der Waals surface area contributed by atoms with Gasteiger partial charge in [0, 0.05) is 28.9 Å². The van der Waals surface area contributed by atoms with Gasteiger partial charge in [-0.3, -0.25) is 9.48 Å². The van der Waals surface area contributed by atoms with E-state index in [0.717, 1.165) is 3.97 Å². The lowest BCUT2D eigenvalue weighted by molar-refractivity contribution is -0.144. The van der Waals surface area contributed by atoms with Gasteiger partial charge in [0.1, 0.15) is 12.4 Å². The minimum Gasteiger partial charge on any atom is -0.465 e. The van der Waals surface area contributed by atoms with Crippen molar-refractivity contribution in [2.24, 2.45) is 0 Å². The zero-order chi connectivity index (χ0) is 21.3. The minimum atomic E-state index is -3.94. The first-order valence-electron chi connectivity index (χ1n) is 9.20. The molecule has 0 saturated heterocycles. The molecule has 0 aliphatic heterocycles. The predicted octanol–water partition coefficient (Wildman–Crippen LogP) is 3.44. The summed E-state index contributed by atoms with van der Waals surface area (Å²) >= 11 is 0. The van der Waals surface area contributed by atoms with Gasteiger partial charge >= 0.3 is 5.97 Å². The Bertz CT molecular complexity index is 1330. The largest absolute Gasteiger partial charge is 0.465 e. The number of benzene rings is 2. The Kier molecular flexibility index (Phi) is 5.13. The SMILES string of the molecule is CCOC(=O)Cn1cc(-c2cn(S(=O)(=O)c3ccccc3)c3cc(F)ccc23)cn1. The van der Waals surface area contributed by atoms with E-state index in [4.69, 9.17) is 4.74 Å². The first kappa shape index (κ1) is 19.8. The zero-order valence-corrected chi connectivity index (χ0v) is 16.8. The van der Waals surface area contributed by atoms with Gasteiger partial charge < -0.3 is 4.74 Å². The summed E-state index contributed by atoms with van der Waals surface area (Å²) in [7, 11) is -3.94. The predicted molar refractivity (Wildman–Crippen MR) is 109 cm³/mol. The van der Waals surface area contributed by atoms with Crippen molar-refractivity contribution in [3.63, 3.8) is 0 Å². The number of hydrogen-bond acceptors (Lipinski definition) is 5. The van der Waals surface area contributed by atoms with E-state index < -0.39 is 21.8 Å². The van der Waals surface area contributed by atoms with Crippen molar-refractivity contribution in [1.82, 2.24) is 13.8 Å². The minimum absolute atomic E-state index is 0.0660. The van der Waals surface area contributed by atoms with E-state index in [-0.39, 0.29) is 23.6 Å². The summed E-state index contributed by atoms with van der Waals surface area (Å²) in [6, 6.07) is 11.9. The van der Waals surface area contributed by atoms with Crippen molar-refractivity contribution in [1.29, 1.82) is 0 Å². The number of halogens is 1. The number of esters is 1. The van der Waals surface area contributed by atoms with Gasteiger partial charge in [0.05, 0.1) is 23.2 Å². The Morgan fingerprint density at radius 2 is 1.90 bits per heavy atom. The summed E-state index contributed by atoms with van der Waals surface area (Å²) in [6.07, 6.45) is 4.59. The second-order valence-corrected chi connectivity index (χ2v) is 8.36. The van der Waals surface area contributed by atoms with E-state index in [0.29, 0.717) is 16.5 Å². The molecule has 0 amide bonds. The van der Waals surface area contributed by atoms with Crippen LogP contribution in [0, 0.1) is 5.82 Å². The molecule has 30 heavy (non-hydrogen) atoms. The Morgan fingerprint density at radius 3 is 2.63 bits per heavy atom. The summed E-state index contributed by atoms with van der Waals surface area (Å²) in [5, 5.41) is 4.70. The molecule has 2 heterocycles. The molecule has 0 aliphatic carbocycles. The quantitative estimate of drug-likeness (QED) is 0.440. The molecule has 4 rings (SSSR count). The van der Waals surface area contributed by atoms with Gasteiger partial charge in [-0.05, 0) is 37.3 Å². The molecule has 0 aliphatic rings. The maximum absolute atomic E-state index is 14.0. The summed E-state index contributed by atoms with van der Waals surface area (Å²) in [6.45, 7) is 1.92. The highest BCUT2D eigenvalue weighted by Gasteiger charge is 2.22. The van der Waals surface area contributed by atoms with Gasteiger partial charge in [-0.25, -0.2) is 16.8 Å². The van der Waals surface area contributed by atoms with Gasteiger partial charge in [0.25, 0.3) is 10.0 Å². The number of hydrogen-bond donors (Lipinski definition) is 0. The van der Waals surface area contributed by atoms with E-state index in [1.54, 1.807) is 31.3 Å². The number of fused-ring (bicyclic) bond motifs is 1. The average molecular weight is 427 g/mol. The maximum atomic E-state index is 14.0. The average Bonchev–Trinajstić information content (AvgIpc) is 3.33. The zero-order valence-electron chi connectivity index (χ0n) is 16.0. The van der Waals surface area contributed by atoms with Crippen LogP contribution < -0.4 is 0 Å². The number of carbonyl (C=O) groups excluding carboxylic acids is 1. The molecule has 7 nitrogen and oxygen atoms in total. The Labute approximate surface area is 172 Å². The number of aromatic nitrogens is 3. The van der Waals surface area contributed by atoms with Gasteiger partial charge in [-0.1, -0.05) is 18.2 Å². The number of rotatable bonds is 6. The molecule has 0 bridgehead atoms. The van der Waals surface area contributed by atoms with Crippen LogP contribution in [0.3, 0.4) is 0 Å². The molecule has 0 fully saturated rings. The van der Waals surface area contributed by atoms with Crippen molar-refractivity contribution in [2.45, 2.75) is 18.4 Å². The highest BCUT2D eigenvalue weighted by Crippen LogP contribution is 2.33. The molecule has 0 saturated carbocycles. The van der Waals surface area contributed by atoms with Crippen LogP contribution in [0.1, 0.15) is 6.92 Å². The lowest BCUT2D eigenvalue weighted by Crippen LogP contribution is -2.13. The smallest absolute Gasteiger partial charge is 0.327 e. The molecule has 2 aromatic heterocycles. The van der Waals surface area contributed by atoms with Crippen LogP contribution in [-0.2, 0) is 26.1 Å². The van der Waals surface area contributed by atoms with Gasteiger partial charge in [0.2, 0.25) is 0 Å². The standard InChI is InChI=1S/C21H18FN3O4S/c1-2-29-21(26)14-24-12-15(11-23-24)19-13-25(20-10-16(22)8-9-18(19)20)30(27,28)17-6-4-3-5-7-17/h3-13H,2,14H2,1H3. The fourth-order valence-corrected chi connectivity index (χ4v) is 4.62. The molecule has 4 aromatic rings. The molecule has 9 heteroatoms. The summed E-state index contributed by atoms with van der Waals surface area (Å²) in [5.41, 5.74) is 1.37. The van der Waals surface area contributed by atoms with Crippen molar-refractivity contribution >= 4 is 26.9 Å². The molecule has 0 radical (unpaired) electrons. The van der Waals surface area contributed by atoms with Crippen molar-refractivity contribution in [3.05, 3.63) is 72.9 Å². The van der Waals surface area contributed by atoms with Crippen LogP contribution >= 0.6 is 0 Å². The maximum Gasteiger partial charge on any atom is 0.327 e. The first-order chi connectivity index (χ1) is 14.4. The normalized spacial score (nSPS) is 11.7. The van der Waals surface area contributed by atoms with Crippen LogP contribution in [-0.4, -0.2) is 34.7 Å². The number of ether oxygens (including phenoxy) is 1. The third-order valence-corrected chi connectivity index (χ3v) is 6.26.